The molecule has 0 fully saturated rings. The number of nitrogens with one attached hydrogen (secondary N) is 2. The fourth-order valence-electron chi connectivity index (χ4n) is 1.39. The first-order chi connectivity index (χ1) is 7.66. The van der Waals surface area contributed by atoms with E-state index >= 15 is 0 Å². The maximum atomic E-state index is 11.8. The molecule has 0 spiro atoms. The van der Waals surface area contributed by atoms with Crippen molar-refractivity contribution in [3.05, 3.63) is 41.3 Å². The minimum absolute atomic E-state index is 0.197. The Balaban J connectivity index is 2.18. The molecule has 16 heavy (non-hydrogen) atoms. The normalized spacial score (nSPS) is 10.1. The van der Waals surface area contributed by atoms with Crippen LogP contribution in [0.5, 0.6) is 0 Å². The lowest BCUT2D eigenvalue weighted by atomic mass is 10.2. The molecule has 82 valence electrons. The van der Waals surface area contributed by atoms with Crippen LogP contribution in [0, 0.1) is 13.8 Å². The van der Waals surface area contributed by atoms with Crippen LogP contribution < -0.4 is 5.32 Å². The summed E-state index contributed by atoms with van der Waals surface area (Å²) in [7, 11) is 0. The summed E-state index contributed by atoms with van der Waals surface area (Å²) in [6, 6.07) is 5.23. The van der Waals surface area contributed by atoms with Crippen molar-refractivity contribution >= 4 is 11.7 Å². The molecule has 0 unspecified atom stereocenters. The molecule has 0 aromatic carbocycles. The molecule has 0 radical (unpaired) electrons. The molecule has 0 saturated carbocycles. The zero-order valence-corrected chi connectivity index (χ0v) is 9.11. The lowest BCUT2D eigenvalue weighted by molar-refractivity contribution is 0.102. The van der Waals surface area contributed by atoms with Crippen LogP contribution in [-0.4, -0.2) is 21.1 Å². The number of aromatic nitrogens is 3. The molecule has 0 aliphatic heterocycles. The van der Waals surface area contributed by atoms with Crippen LogP contribution in [0.3, 0.4) is 0 Å². The predicted molar refractivity (Wildman–Crippen MR) is 60.3 cm³/mol. The van der Waals surface area contributed by atoms with Crippen LogP contribution in [0.4, 0.5) is 5.82 Å². The molecule has 2 heterocycles. The van der Waals surface area contributed by atoms with E-state index in [-0.39, 0.29) is 5.91 Å². The Morgan fingerprint density at radius 3 is 2.88 bits per heavy atom. The fourth-order valence-corrected chi connectivity index (χ4v) is 1.39. The van der Waals surface area contributed by atoms with Crippen LogP contribution in [0.1, 0.15) is 21.7 Å². The minimum atomic E-state index is -0.197. The van der Waals surface area contributed by atoms with Crippen LogP contribution >= 0.6 is 0 Å². The average molecular weight is 216 g/mol. The minimum Gasteiger partial charge on any atom is -0.305 e. The molecule has 2 rings (SSSR count). The molecule has 0 saturated heterocycles. The largest absolute Gasteiger partial charge is 0.305 e. The molecule has 2 aromatic rings. The molecular weight excluding hydrogens is 204 g/mol. The molecule has 0 aliphatic rings. The smallest absolute Gasteiger partial charge is 0.258 e. The van der Waals surface area contributed by atoms with Gasteiger partial charge in [0.2, 0.25) is 0 Å². The standard InChI is InChI=1S/C11H12N4O/c1-7-6-10(15-14-7)13-11(16)9-4-3-5-12-8(9)2/h3-6H,1-2H3,(H2,13,14,15,16). The summed E-state index contributed by atoms with van der Waals surface area (Å²) in [5, 5.41) is 9.39. The van der Waals surface area contributed by atoms with Gasteiger partial charge in [0.1, 0.15) is 0 Å². The van der Waals surface area contributed by atoms with Crippen molar-refractivity contribution < 1.29 is 4.79 Å². The number of carbonyl (C=O) groups is 1. The van der Waals surface area contributed by atoms with Crippen LogP contribution in [0.25, 0.3) is 0 Å². The third kappa shape index (κ3) is 2.08. The lowest BCUT2D eigenvalue weighted by Gasteiger charge is -2.03. The Kier molecular flexibility index (Phi) is 2.68. The van der Waals surface area contributed by atoms with E-state index in [9.17, 15) is 4.79 Å². The Morgan fingerprint density at radius 2 is 2.25 bits per heavy atom. The van der Waals surface area contributed by atoms with Gasteiger partial charge in [0, 0.05) is 23.7 Å². The highest BCUT2D eigenvalue weighted by atomic mass is 16.1. The molecule has 0 atom stereocenters. The summed E-state index contributed by atoms with van der Waals surface area (Å²) in [5.74, 6) is 0.322. The number of nitrogens with zero attached hydrogens (tertiary/aromatic N) is 2. The van der Waals surface area contributed by atoms with E-state index < -0.39 is 0 Å². The second kappa shape index (κ2) is 4.14. The third-order valence-corrected chi connectivity index (χ3v) is 2.20. The molecule has 5 heteroatoms. The average Bonchev–Trinajstić information content (AvgIpc) is 2.64. The van der Waals surface area contributed by atoms with Gasteiger partial charge in [-0.3, -0.25) is 14.9 Å². The molecule has 0 aliphatic carbocycles. The predicted octanol–water partition coefficient (Wildman–Crippen LogP) is 1.67. The molecule has 2 N–H and O–H groups in total. The Hall–Kier alpha value is -2.17. The number of aromatic amines is 1. The number of amides is 1. The summed E-state index contributed by atoms with van der Waals surface area (Å²) in [6.45, 7) is 3.67. The van der Waals surface area contributed by atoms with E-state index in [1.165, 1.54) is 0 Å². The molecule has 1 amide bonds. The van der Waals surface area contributed by atoms with Gasteiger partial charge in [-0.15, -0.1) is 0 Å². The van der Waals surface area contributed by atoms with Crippen LogP contribution in [-0.2, 0) is 0 Å². The van der Waals surface area contributed by atoms with E-state index in [1.807, 2.05) is 6.92 Å². The van der Waals surface area contributed by atoms with Crippen molar-refractivity contribution in [2.24, 2.45) is 0 Å². The van der Waals surface area contributed by atoms with Crippen molar-refractivity contribution in [3.8, 4) is 0 Å². The van der Waals surface area contributed by atoms with Crippen molar-refractivity contribution in [2.75, 3.05) is 5.32 Å². The summed E-state index contributed by atoms with van der Waals surface area (Å²) >= 11 is 0. The SMILES string of the molecule is Cc1cc(NC(=O)c2cccnc2C)n[nH]1. The first kappa shape index (κ1) is 10.4. The lowest BCUT2D eigenvalue weighted by Crippen LogP contribution is -2.14. The maximum Gasteiger partial charge on any atom is 0.258 e. The second-order valence-electron chi connectivity index (χ2n) is 3.53. The van der Waals surface area contributed by atoms with Crippen molar-refractivity contribution in [3.63, 3.8) is 0 Å². The molecule has 5 nitrogen and oxygen atoms in total. The van der Waals surface area contributed by atoms with E-state index in [2.05, 4.69) is 20.5 Å². The van der Waals surface area contributed by atoms with Gasteiger partial charge in [-0.1, -0.05) is 0 Å². The fraction of sp³-hybridized carbons (Fsp3) is 0.182. The van der Waals surface area contributed by atoms with E-state index in [0.717, 1.165) is 5.69 Å². The maximum absolute atomic E-state index is 11.8. The number of carbonyl (C=O) groups excluding carboxylic acids is 1. The topological polar surface area (TPSA) is 70.7 Å². The van der Waals surface area contributed by atoms with Crippen molar-refractivity contribution in [1.82, 2.24) is 15.2 Å². The highest BCUT2D eigenvalue weighted by Gasteiger charge is 2.10. The van der Waals surface area contributed by atoms with Gasteiger partial charge in [-0.05, 0) is 26.0 Å². The molecular formula is C11H12N4O. The highest BCUT2D eigenvalue weighted by Crippen LogP contribution is 2.09. The van der Waals surface area contributed by atoms with Gasteiger partial charge >= 0.3 is 0 Å². The molecule has 2 aromatic heterocycles. The number of rotatable bonds is 2. The van der Waals surface area contributed by atoms with E-state index in [0.29, 0.717) is 17.1 Å². The number of pyridine rings is 1. The Bertz CT molecular complexity index is 518. The summed E-state index contributed by atoms with van der Waals surface area (Å²) in [5.41, 5.74) is 2.16. The number of H-pyrrole nitrogens is 1. The van der Waals surface area contributed by atoms with Gasteiger partial charge in [0.05, 0.1) is 5.56 Å². The number of aryl methyl sites for hydroxylation is 2. The highest BCUT2D eigenvalue weighted by molar-refractivity contribution is 6.04. The van der Waals surface area contributed by atoms with Gasteiger partial charge < -0.3 is 5.32 Å². The van der Waals surface area contributed by atoms with E-state index in [4.69, 9.17) is 0 Å². The van der Waals surface area contributed by atoms with Gasteiger partial charge in [0.15, 0.2) is 5.82 Å². The monoisotopic (exact) mass is 216 g/mol. The summed E-state index contributed by atoms with van der Waals surface area (Å²) in [6.07, 6.45) is 1.66. The zero-order valence-electron chi connectivity index (χ0n) is 9.11. The second-order valence-corrected chi connectivity index (χ2v) is 3.53. The summed E-state index contributed by atoms with van der Waals surface area (Å²) < 4.78 is 0. The number of anilines is 1. The molecule has 0 bridgehead atoms. The van der Waals surface area contributed by atoms with E-state index in [1.54, 1.807) is 31.3 Å². The van der Waals surface area contributed by atoms with Crippen LogP contribution in [0.2, 0.25) is 0 Å². The zero-order chi connectivity index (χ0) is 11.5. The number of hydrogen-bond donors (Lipinski definition) is 2. The first-order valence-corrected chi connectivity index (χ1v) is 4.92. The first-order valence-electron chi connectivity index (χ1n) is 4.92. The third-order valence-electron chi connectivity index (χ3n) is 2.20. The van der Waals surface area contributed by atoms with Crippen molar-refractivity contribution in [2.45, 2.75) is 13.8 Å². The van der Waals surface area contributed by atoms with Gasteiger partial charge in [-0.25, -0.2) is 0 Å². The van der Waals surface area contributed by atoms with Crippen LogP contribution in [0.15, 0.2) is 24.4 Å². The van der Waals surface area contributed by atoms with Gasteiger partial charge in [-0.2, -0.15) is 5.10 Å². The Labute approximate surface area is 92.9 Å². The van der Waals surface area contributed by atoms with Crippen molar-refractivity contribution in [1.29, 1.82) is 0 Å². The Morgan fingerprint density at radius 1 is 1.44 bits per heavy atom. The quantitative estimate of drug-likeness (QED) is 0.802. The number of hydrogen-bond acceptors (Lipinski definition) is 3. The summed E-state index contributed by atoms with van der Waals surface area (Å²) in [4.78, 5) is 15.9. The van der Waals surface area contributed by atoms with Gasteiger partial charge in [0.25, 0.3) is 5.91 Å².